The quantitative estimate of drug-likeness (QED) is 0.790. The van der Waals surface area contributed by atoms with Gasteiger partial charge in [-0.25, -0.2) is 0 Å². The van der Waals surface area contributed by atoms with Gasteiger partial charge in [0.05, 0.1) is 6.61 Å². The maximum atomic E-state index is 6.29. The Morgan fingerprint density at radius 1 is 1.33 bits per heavy atom. The van der Waals surface area contributed by atoms with Crippen LogP contribution in [0.25, 0.3) is 0 Å². The smallest absolute Gasteiger partial charge is 0.208 e. The highest BCUT2D eigenvalue weighted by Crippen LogP contribution is 2.31. The Balaban J connectivity index is 1.99. The van der Waals surface area contributed by atoms with Crippen LogP contribution in [0.3, 0.4) is 0 Å². The second-order valence-electron chi connectivity index (χ2n) is 4.63. The molecule has 2 rings (SSSR count). The molecule has 0 amide bonds. The van der Waals surface area contributed by atoms with Crippen molar-refractivity contribution in [3.63, 3.8) is 0 Å². The summed E-state index contributed by atoms with van der Waals surface area (Å²) in [6.07, 6.45) is 0. The predicted molar refractivity (Wildman–Crippen MR) is 89.5 cm³/mol. The third-order valence-corrected chi connectivity index (χ3v) is 5.13. The molecule has 1 aromatic carbocycles. The van der Waals surface area contributed by atoms with Gasteiger partial charge >= 0.3 is 0 Å². The Morgan fingerprint density at radius 3 is 2.76 bits per heavy atom. The zero-order chi connectivity index (χ0) is 15.2. The minimum atomic E-state index is -0.0931. The van der Waals surface area contributed by atoms with Gasteiger partial charge in [0.1, 0.15) is 5.75 Å². The first-order valence-corrected chi connectivity index (χ1v) is 8.53. The first kappa shape index (κ1) is 16.1. The Bertz CT molecular complexity index is 574. The largest absolute Gasteiger partial charge is 0.494 e. The standard InChI is InChI=1S/C14H20N4OS2/c1-4-19-12-8-6-5-7-10(12)11(15)9-20-14-17-16-13(21-14)18(2)3/h5-8,11H,4,9,15H2,1-3H3. The molecule has 5 nitrogen and oxygen atoms in total. The maximum Gasteiger partial charge on any atom is 0.208 e. The van der Waals surface area contributed by atoms with Crippen molar-refractivity contribution in [2.24, 2.45) is 5.73 Å². The normalized spacial score (nSPS) is 12.2. The van der Waals surface area contributed by atoms with Crippen molar-refractivity contribution in [1.29, 1.82) is 0 Å². The summed E-state index contributed by atoms with van der Waals surface area (Å²) in [6, 6.07) is 7.82. The predicted octanol–water partition coefficient (Wildman–Crippen LogP) is 2.79. The molecule has 0 fully saturated rings. The van der Waals surface area contributed by atoms with Crippen LogP contribution in [0.15, 0.2) is 28.6 Å². The van der Waals surface area contributed by atoms with Crippen molar-refractivity contribution >= 4 is 28.2 Å². The van der Waals surface area contributed by atoms with E-state index >= 15 is 0 Å². The lowest BCUT2D eigenvalue weighted by molar-refractivity contribution is 0.335. The van der Waals surface area contributed by atoms with Gasteiger partial charge in [0.15, 0.2) is 4.34 Å². The number of nitrogens with zero attached hydrogens (tertiary/aromatic N) is 3. The molecule has 1 aromatic heterocycles. The summed E-state index contributed by atoms with van der Waals surface area (Å²) >= 11 is 3.20. The summed E-state index contributed by atoms with van der Waals surface area (Å²) in [4.78, 5) is 1.95. The molecule has 21 heavy (non-hydrogen) atoms. The summed E-state index contributed by atoms with van der Waals surface area (Å²) in [5.41, 5.74) is 7.32. The SMILES string of the molecule is CCOc1ccccc1C(N)CSc1nnc(N(C)C)s1. The molecule has 114 valence electrons. The van der Waals surface area contributed by atoms with Crippen molar-refractivity contribution in [2.45, 2.75) is 17.3 Å². The van der Waals surface area contributed by atoms with Crippen LogP contribution in [0.4, 0.5) is 5.13 Å². The highest BCUT2D eigenvalue weighted by molar-refractivity contribution is 8.01. The van der Waals surface area contributed by atoms with Crippen molar-refractivity contribution < 1.29 is 4.74 Å². The molecule has 0 bridgehead atoms. The number of benzene rings is 1. The lowest BCUT2D eigenvalue weighted by atomic mass is 10.1. The molecule has 2 N–H and O–H groups in total. The molecule has 0 radical (unpaired) electrons. The molecular weight excluding hydrogens is 304 g/mol. The fourth-order valence-corrected chi connectivity index (χ4v) is 3.53. The number of aromatic nitrogens is 2. The molecule has 7 heteroatoms. The topological polar surface area (TPSA) is 64.3 Å². The Labute approximate surface area is 133 Å². The number of para-hydroxylation sites is 1. The summed E-state index contributed by atoms with van der Waals surface area (Å²) in [6.45, 7) is 2.61. The number of ether oxygens (including phenoxy) is 1. The van der Waals surface area contributed by atoms with Crippen LogP contribution in [0, 0.1) is 0 Å². The van der Waals surface area contributed by atoms with E-state index < -0.39 is 0 Å². The number of nitrogens with two attached hydrogens (primary N) is 1. The molecule has 1 unspecified atom stereocenters. The number of hydrogen-bond donors (Lipinski definition) is 1. The van der Waals surface area contributed by atoms with E-state index in [2.05, 4.69) is 10.2 Å². The first-order chi connectivity index (χ1) is 10.1. The molecule has 0 saturated heterocycles. The average Bonchev–Trinajstić information content (AvgIpc) is 2.95. The summed E-state index contributed by atoms with van der Waals surface area (Å²) in [7, 11) is 3.91. The fourth-order valence-electron chi connectivity index (χ4n) is 1.77. The average molecular weight is 324 g/mol. The molecule has 0 aliphatic rings. The van der Waals surface area contributed by atoms with E-state index in [9.17, 15) is 0 Å². The van der Waals surface area contributed by atoms with Gasteiger partial charge in [-0.3, -0.25) is 0 Å². The van der Waals surface area contributed by atoms with Crippen LogP contribution in [-0.4, -0.2) is 36.7 Å². The monoisotopic (exact) mass is 324 g/mol. The third kappa shape index (κ3) is 4.33. The number of anilines is 1. The zero-order valence-corrected chi connectivity index (χ0v) is 14.1. The van der Waals surface area contributed by atoms with Crippen LogP contribution in [0.1, 0.15) is 18.5 Å². The van der Waals surface area contributed by atoms with Crippen LogP contribution in [-0.2, 0) is 0 Å². The highest BCUT2D eigenvalue weighted by atomic mass is 32.2. The van der Waals surface area contributed by atoms with Gasteiger partial charge in [0.25, 0.3) is 0 Å². The fraction of sp³-hybridized carbons (Fsp3) is 0.429. The second-order valence-corrected chi connectivity index (χ2v) is 6.86. The van der Waals surface area contributed by atoms with Gasteiger partial charge in [0.2, 0.25) is 5.13 Å². The van der Waals surface area contributed by atoms with E-state index in [-0.39, 0.29) is 6.04 Å². The van der Waals surface area contributed by atoms with Gasteiger partial charge in [0, 0.05) is 31.5 Å². The molecule has 0 aliphatic heterocycles. The number of rotatable bonds is 7. The van der Waals surface area contributed by atoms with E-state index in [4.69, 9.17) is 10.5 Å². The van der Waals surface area contributed by atoms with E-state index in [0.717, 1.165) is 26.5 Å². The van der Waals surface area contributed by atoms with Crippen LogP contribution < -0.4 is 15.4 Å². The lowest BCUT2D eigenvalue weighted by Crippen LogP contribution is -2.14. The molecule has 2 aromatic rings. The molecule has 0 spiro atoms. The van der Waals surface area contributed by atoms with Gasteiger partial charge in [-0.2, -0.15) is 0 Å². The minimum Gasteiger partial charge on any atom is -0.494 e. The molecule has 1 heterocycles. The maximum absolute atomic E-state index is 6.29. The van der Waals surface area contributed by atoms with Gasteiger partial charge < -0.3 is 15.4 Å². The van der Waals surface area contributed by atoms with Crippen LogP contribution >= 0.6 is 23.1 Å². The van der Waals surface area contributed by atoms with Crippen LogP contribution in [0.5, 0.6) is 5.75 Å². The summed E-state index contributed by atoms with van der Waals surface area (Å²) in [5, 5.41) is 9.19. The van der Waals surface area contributed by atoms with Crippen molar-refractivity contribution in [3.05, 3.63) is 29.8 Å². The van der Waals surface area contributed by atoms with Gasteiger partial charge in [-0.15, -0.1) is 10.2 Å². The third-order valence-electron chi connectivity index (χ3n) is 2.78. The van der Waals surface area contributed by atoms with E-state index in [0.29, 0.717) is 6.61 Å². The van der Waals surface area contributed by atoms with Crippen molar-refractivity contribution in [2.75, 3.05) is 31.4 Å². The minimum absolute atomic E-state index is 0.0931. The molecule has 0 saturated carbocycles. The zero-order valence-electron chi connectivity index (χ0n) is 12.4. The van der Waals surface area contributed by atoms with E-state index in [1.54, 1.807) is 23.1 Å². The van der Waals surface area contributed by atoms with E-state index in [1.165, 1.54) is 0 Å². The highest BCUT2D eigenvalue weighted by Gasteiger charge is 2.14. The molecule has 0 aliphatic carbocycles. The first-order valence-electron chi connectivity index (χ1n) is 6.72. The van der Waals surface area contributed by atoms with Crippen LogP contribution in [0.2, 0.25) is 0 Å². The Kier molecular flexibility index (Phi) is 5.84. The summed E-state index contributed by atoms with van der Waals surface area (Å²) < 4.78 is 6.56. The van der Waals surface area contributed by atoms with Gasteiger partial charge in [-0.05, 0) is 13.0 Å². The Morgan fingerprint density at radius 2 is 2.10 bits per heavy atom. The second kappa shape index (κ2) is 7.63. The Hall–Kier alpha value is -1.31. The van der Waals surface area contributed by atoms with Gasteiger partial charge in [-0.1, -0.05) is 41.3 Å². The van der Waals surface area contributed by atoms with E-state index in [1.807, 2.05) is 50.2 Å². The number of thioether (sulfide) groups is 1. The summed E-state index contributed by atoms with van der Waals surface area (Å²) in [5.74, 6) is 1.60. The molecular formula is C14H20N4OS2. The van der Waals surface area contributed by atoms with Crippen molar-refractivity contribution in [1.82, 2.24) is 10.2 Å². The number of hydrogen-bond acceptors (Lipinski definition) is 7. The molecule has 1 atom stereocenters. The lowest BCUT2D eigenvalue weighted by Gasteiger charge is -2.15. The van der Waals surface area contributed by atoms with Crippen molar-refractivity contribution in [3.8, 4) is 5.75 Å².